The van der Waals surface area contributed by atoms with Crippen molar-refractivity contribution in [3.05, 3.63) is 413 Å². The van der Waals surface area contributed by atoms with Gasteiger partial charge in [0.15, 0.2) is 0 Å². The van der Waals surface area contributed by atoms with E-state index in [-0.39, 0.29) is 0 Å². The first-order valence-electron chi connectivity index (χ1n) is 47.4. The fourth-order valence-electron chi connectivity index (χ4n) is 24.4. The van der Waals surface area contributed by atoms with Gasteiger partial charge >= 0.3 is 0 Å². The Bertz CT molecular complexity index is 12000. The molecule has 0 atom stereocenters. The number of nitrogens with zero attached hydrogens (tertiary/aromatic N) is 4. The lowest BCUT2D eigenvalue weighted by Crippen LogP contribution is -1.91. The standard InChI is InChI=1S/4C32H17NOS/c1-2-8-19-18(7-1)17-33-30(19)23-14-13-21-20-9-4-6-12-27(20)35-32(21)28(23)24-15-16-26-29(31(24)33)22-10-3-5-11-25(22)34-26;1-2-8-19-18(7-1)17-33-31(19)22-14-16-27-30(21-10-4-6-12-26(21)35-27)28(22)23-13-15-25-29(32(23)33)20-9-3-5-11-24(20)34-25;1-2-8-19-18(7-1)17-33-25-15-23-20-9-3-5-11-26(20)34-27(23)16-24(25)30-22(32(19)33)13-14-29-31(30)21-10-4-6-12-28(21)35-29;1-2-8-19-18(7-1)17-33-26-15-24-20-9-3-5-11-27(20)34-28(24)16-25(26)30-23(31(19)33)14-13-22-21-10-4-6-12-29(21)35-32(22)30/h4*1-17H. The first-order valence-corrected chi connectivity index (χ1v) is 50.7. The molecule has 0 saturated heterocycles. The molecule has 0 radical (unpaired) electrons. The van der Waals surface area contributed by atoms with Crippen LogP contribution in [0.2, 0.25) is 0 Å². The first kappa shape index (κ1) is 75.9. The molecule has 8 nitrogen and oxygen atoms in total. The third-order valence-electron chi connectivity index (χ3n) is 30.2. The highest BCUT2D eigenvalue weighted by molar-refractivity contribution is 7.28. The number of thiophene rings is 4. The van der Waals surface area contributed by atoms with Crippen molar-refractivity contribution in [2.75, 3.05) is 0 Å². The van der Waals surface area contributed by atoms with E-state index in [2.05, 4.69) is 406 Å². The summed E-state index contributed by atoms with van der Waals surface area (Å²) in [5.74, 6) is 0. The maximum Gasteiger partial charge on any atom is 0.137 e. The van der Waals surface area contributed by atoms with Crippen LogP contribution in [0.25, 0.3) is 320 Å². The molecular weight excluding hydrogens is 1790 g/mol. The Morgan fingerprint density at radius 2 is 0.421 bits per heavy atom. The number of hydrogen-bond donors (Lipinski definition) is 0. The van der Waals surface area contributed by atoms with Crippen molar-refractivity contribution < 1.29 is 17.7 Å². The minimum atomic E-state index is 0.930. The molecule has 12 heteroatoms. The van der Waals surface area contributed by atoms with E-state index in [1.165, 1.54) is 243 Å². The molecule has 0 saturated carbocycles. The summed E-state index contributed by atoms with van der Waals surface area (Å²) >= 11 is 7.55. The van der Waals surface area contributed by atoms with Gasteiger partial charge in [0.25, 0.3) is 0 Å². The van der Waals surface area contributed by atoms with E-state index in [4.69, 9.17) is 17.7 Å². The van der Waals surface area contributed by atoms with Crippen molar-refractivity contribution in [3.63, 3.8) is 0 Å². The molecule has 36 aromatic rings. The van der Waals surface area contributed by atoms with Crippen LogP contribution in [0.3, 0.4) is 0 Å². The van der Waals surface area contributed by atoms with Gasteiger partial charge in [0.2, 0.25) is 0 Å². The predicted octanol–water partition coefficient (Wildman–Crippen LogP) is 38.7. The molecule has 0 aliphatic carbocycles. The lowest BCUT2D eigenvalue weighted by atomic mass is 9.97. The van der Waals surface area contributed by atoms with Gasteiger partial charge in [0, 0.05) is 246 Å². The van der Waals surface area contributed by atoms with Crippen LogP contribution in [-0.4, -0.2) is 17.6 Å². The quantitative estimate of drug-likeness (QED) is 0.142. The number of aromatic nitrogens is 4. The Hall–Kier alpha value is -17.4. The average Bonchev–Trinajstić information content (AvgIpc) is 1.53. The summed E-state index contributed by atoms with van der Waals surface area (Å²) in [5.41, 5.74) is 17.4. The average molecular weight is 1850 g/mol. The maximum atomic E-state index is 6.35. The fourth-order valence-corrected chi connectivity index (χ4v) is 29.1. The van der Waals surface area contributed by atoms with E-state index in [1.54, 1.807) is 0 Å². The number of fused-ring (bicyclic) bond motifs is 62. The van der Waals surface area contributed by atoms with Gasteiger partial charge in [-0.25, -0.2) is 0 Å². The number of hydrogen-bond acceptors (Lipinski definition) is 8. The largest absolute Gasteiger partial charge is 0.456 e. The van der Waals surface area contributed by atoms with Crippen LogP contribution in [0.4, 0.5) is 0 Å². The highest BCUT2D eigenvalue weighted by atomic mass is 32.1. The summed E-state index contributed by atoms with van der Waals surface area (Å²) < 4.78 is 45.6. The van der Waals surface area contributed by atoms with Gasteiger partial charge in [-0.1, -0.05) is 279 Å². The van der Waals surface area contributed by atoms with Crippen molar-refractivity contribution >= 4 is 366 Å². The topological polar surface area (TPSA) is 70.2 Å². The van der Waals surface area contributed by atoms with E-state index < -0.39 is 0 Å². The number of benzene rings is 20. The third-order valence-corrected chi connectivity index (χ3v) is 34.9. The maximum absolute atomic E-state index is 6.35. The van der Waals surface area contributed by atoms with Crippen molar-refractivity contribution in [1.82, 2.24) is 17.6 Å². The summed E-state index contributed by atoms with van der Waals surface area (Å²) in [6, 6.07) is 140. The summed E-state index contributed by atoms with van der Waals surface area (Å²) in [6.45, 7) is 0. The molecule has 0 amide bonds. The van der Waals surface area contributed by atoms with E-state index in [0.29, 0.717) is 0 Å². The highest BCUT2D eigenvalue weighted by Crippen LogP contribution is 2.54. The summed E-state index contributed by atoms with van der Waals surface area (Å²) in [7, 11) is 0. The molecule has 0 N–H and O–H groups in total. The molecule has 140 heavy (non-hydrogen) atoms. The first-order chi connectivity index (χ1) is 69.4. The number of furan rings is 4. The second-order valence-corrected chi connectivity index (χ2v) is 41.7. The van der Waals surface area contributed by atoms with E-state index in [1.807, 2.05) is 69.6 Å². The van der Waals surface area contributed by atoms with Gasteiger partial charge in [-0.3, -0.25) is 0 Å². The van der Waals surface area contributed by atoms with Gasteiger partial charge < -0.3 is 35.3 Å². The molecule has 0 aliphatic rings. The molecule has 648 valence electrons. The lowest BCUT2D eigenvalue weighted by molar-refractivity contribution is 0.669. The van der Waals surface area contributed by atoms with E-state index in [9.17, 15) is 0 Å². The minimum absolute atomic E-state index is 0.930. The zero-order chi connectivity index (χ0) is 90.7. The second-order valence-electron chi connectivity index (χ2n) is 37.4. The molecule has 16 heterocycles. The van der Waals surface area contributed by atoms with Gasteiger partial charge in [0.1, 0.15) is 44.7 Å². The molecule has 0 spiro atoms. The Morgan fingerprint density at radius 3 is 0.850 bits per heavy atom. The third kappa shape index (κ3) is 10.3. The van der Waals surface area contributed by atoms with Crippen LogP contribution >= 0.6 is 45.3 Å². The summed E-state index contributed by atoms with van der Waals surface area (Å²) in [6.07, 6.45) is 9.17. The highest BCUT2D eigenvalue weighted by Gasteiger charge is 2.28. The monoisotopic (exact) mass is 1850 g/mol. The smallest absolute Gasteiger partial charge is 0.137 e. The molecule has 0 fully saturated rings. The molecule has 20 aromatic carbocycles. The minimum Gasteiger partial charge on any atom is -0.456 e. The number of pyridine rings is 4. The Labute approximate surface area is 807 Å². The van der Waals surface area contributed by atoms with Crippen molar-refractivity contribution in [1.29, 1.82) is 0 Å². The Balaban J connectivity index is 0.0000000829. The van der Waals surface area contributed by atoms with Crippen LogP contribution in [0.15, 0.2) is 431 Å². The van der Waals surface area contributed by atoms with E-state index in [0.717, 1.165) is 77.0 Å². The molecule has 16 aromatic heterocycles. The number of rotatable bonds is 0. The molecular formula is C128H68N4O4S4. The van der Waals surface area contributed by atoms with Crippen molar-refractivity contribution in [3.8, 4) is 0 Å². The zero-order valence-corrected chi connectivity index (χ0v) is 77.6. The molecule has 36 rings (SSSR count). The SMILES string of the molecule is c1ccc2c(c1)cn1c2c2ccc3c4ccccc4sc3c2c2ccc3oc4ccccc4c3c21.c1ccc2c(c1)cn1c2c2ccc3sc4ccccc4c3c2c2ccc3oc4ccccc4c3c21.c1ccc2c(c1)cn1c3cc4c(cc3c3c(ccc5c6ccccc6sc53)c21)oc1ccccc14.c1ccc2c(c1)cn1c3cc4c(cc3c3c(ccc5sc6ccccc6c53)c21)oc1ccccc14. The molecule has 0 bridgehead atoms. The van der Waals surface area contributed by atoms with Crippen LogP contribution in [0, 0.1) is 0 Å². The Kier molecular flexibility index (Phi) is 15.3. The van der Waals surface area contributed by atoms with Gasteiger partial charge in [-0.2, -0.15) is 0 Å². The summed E-state index contributed by atoms with van der Waals surface area (Å²) in [5, 5.41) is 45.6. The number of para-hydroxylation sites is 4. The normalized spacial score (nSPS) is 12.6. The summed E-state index contributed by atoms with van der Waals surface area (Å²) in [4.78, 5) is 0. The van der Waals surface area contributed by atoms with Crippen LogP contribution < -0.4 is 0 Å². The van der Waals surface area contributed by atoms with Crippen LogP contribution in [-0.2, 0) is 0 Å². The zero-order valence-electron chi connectivity index (χ0n) is 74.3. The van der Waals surface area contributed by atoms with Crippen molar-refractivity contribution in [2.24, 2.45) is 0 Å². The van der Waals surface area contributed by atoms with Crippen LogP contribution in [0.1, 0.15) is 0 Å². The predicted molar refractivity (Wildman–Crippen MR) is 600 cm³/mol. The van der Waals surface area contributed by atoms with Gasteiger partial charge in [0.05, 0.1) is 54.9 Å². The fraction of sp³-hybridized carbons (Fsp3) is 0. The van der Waals surface area contributed by atoms with Gasteiger partial charge in [-0.15, -0.1) is 45.3 Å². The van der Waals surface area contributed by atoms with Gasteiger partial charge in [-0.05, 0) is 109 Å². The molecule has 0 aliphatic heterocycles. The molecule has 0 unspecified atom stereocenters. The van der Waals surface area contributed by atoms with Crippen LogP contribution in [0.5, 0.6) is 0 Å². The second kappa shape index (κ2) is 28.2. The lowest BCUT2D eigenvalue weighted by Gasteiger charge is -2.12. The van der Waals surface area contributed by atoms with Crippen molar-refractivity contribution in [2.45, 2.75) is 0 Å². The Morgan fingerprint density at radius 1 is 0.143 bits per heavy atom. The van der Waals surface area contributed by atoms with E-state index >= 15 is 0 Å².